The Labute approximate surface area is 111 Å². The highest BCUT2D eigenvalue weighted by molar-refractivity contribution is 9.10. The molecule has 0 saturated heterocycles. The number of nitrogens with one attached hydrogen (secondary N) is 1. The number of thioether (sulfide) groups is 1. The average Bonchev–Trinajstić information content (AvgIpc) is 2.25. The van der Waals surface area contributed by atoms with Gasteiger partial charge in [-0.2, -0.15) is 11.8 Å². The molecular weight excluding hydrogens is 282 g/mol. The summed E-state index contributed by atoms with van der Waals surface area (Å²) in [6, 6.07) is 8.42. The topological polar surface area (TPSA) is 12.0 Å². The molecule has 88 valence electrons. The van der Waals surface area contributed by atoms with Crippen LogP contribution in [-0.4, -0.2) is 17.5 Å². The van der Waals surface area contributed by atoms with E-state index in [1.54, 1.807) is 0 Å². The molecule has 1 fully saturated rings. The molecule has 2 rings (SSSR count). The van der Waals surface area contributed by atoms with Gasteiger partial charge in [-0.3, -0.25) is 0 Å². The first kappa shape index (κ1) is 12.5. The van der Waals surface area contributed by atoms with E-state index >= 15 is 0 Å². The number of hydrogen-bond acceptors (Lipinski definition) is 2. The minimum atomic E-state index is 0.529. The van der Waals surface area contributed by atoms with Crippen LogP contribution in [-0.2, 0) is 6.54 Å². The molecule has 1 aliphatic rings. The minimum absolute atomic E-state index is 0.529. The Kier molecular flexibility index (Phi) is 4.34. The zero-order chi connectivity index (χ0) is 11.4. The van der Waals surface area contributed by atoms with Crippen LogP contribution in [0.15, 0.2) is 28.7 Å². The van der Waals surface area contributed by atoms with Crippen LogP contribution in [0.3, 0.4) is 0 Å². The summed E-state index contributed by atoms with van der Waals surface area (Å²) in [5.41, 5.74) is 1.35. The molecule has 0 heterocycles. The third kappa shape index (κ3) is 2.82. The maximum atomic E-state index is 3.59. The smallest absolute Gasteiger partial charge is 0.0281 e. The van der Waals surface area contributed by atoms with Crippen molar-refractivity contribution >= 4 is 27.7 Å². The zero-order valence-electron chi connectivity index (χ0n) is 9.63. The largest absolute Gasteiger partial charge is 0.311 e. The molecule has 0 bridgehead atoms. The number of hydrogen-bond donors (Lipinski definition) is 1. The van der Waals surface area contributed by atoms with E-state index in [2.05, 4.69) is 51.8 Å². The van der Waals surface area contributed by atoms with Crippen molar-refractivity contribution in [3.63, 3.8) is 0 Å². The first-order chi connectivity index (χ1) is 7.76. The van der Waals surface area contributed by atoms with E-state index < -0.39 is 0 Å². The van der Waals surface area contributed by atoms with Crippen LogP contribution in [0.2, 0.25) is 0 Å². The van der Waals surface area contributed by atoms with Crippen LogP contribution in [0.4, 0.5) is 0 Å². The van der Waals surface area contributed by atoms with Crippen molar-refractivity contribution in [1.82, 2.24) is 5.32 Å². The summed E-state index contributed by atoms with van der Waals surface area (Å²) in [5.74, 6) is 0. The lowest BCUT2D eigenvalue weighted by molar-refractivity contribution is 0.345. The Bertz CT molecular complexity index is 344. The molecule has 0 amide bonds. The summed E-state index contributed by atoms with van der Waals surface area (Å²) in [4.78, 5) is 0. The van der Waals surface area contributed by atoms with Gasteiger partial charge in [0.05, 0.1) is 0 Å². The Morgan fingerprint density at radius 2 is 2.12 bits per heavy atom. The monoisotopic (exact) mass is 299 g/mol. The number of rotatable bonds is 5. The maximum absolute atomic E-state index is 3.59. The van der Waals surface area contributed by atoms with E-state index in [0.29, 0.717) is 4.75 Å². The van der Waals surface area contributed by atoms with Gasteiger partial charge >= 0.3 is 0 Å². The highest BCUT2D eigenvalue weighted by Crippen LogP contribution is 2.42. The minimum Gasteiger partial charge on any atom is -0.311 e. The zero-order valence-corrected chi connectivity index (χ0v) is 12.0. The molecule has 0 aliphatic heterocycles. The van der Waals surface area contributed by atoms with Gasteiger partial charge in [-0.15, -0.1) is 0 Å². The quantitative estimate of drug-likeness (QED) is 0.887. The van der Waals surface area contributed by atoms with E-state index in [0.717, 1.165) is 13.1 Å². The van der Waals surface area contributed by atoms with E-state index in [9.17, 15) is 0 Å². The summed E-state index contributed by atoms with van der Waals surface area (Å²) in [5, 5.41) is 3.59. The van der Waals surface area contributed by atoms with Gasteiger partial charge in [0, 0.05) is 22.3 Å². The summed E-state index contributed by atoms with van der Waals surface area (Å²) < 4.78 is 1.73. The molecular formula is C13H18BrNS. The van der Waals surface area contributed by atoms with Gasteiger partial charge in [0.25, 0.3) is 0 Å². The lowest BCUT2D eigenvalue weighted by Crippen LogP contribution is -2.43. The normalized spacial score (nSPS) is 18.1. The predicted molar refractivity (Wildman–Crippen MR) is 75.9 cm³/mol. The second-order valence-corrected chi connectivity index (χ2v) is 6.56. The maximum Gasteiger partial charge on any atom is 0.0281 e. The lowest BCUT2D eigenvalue weighted by Gasteiger charge is -2.40. The highest BCUT2D eigenvalue weighted by Gasteiger charge is 2.35. The van der Waals surface area contributed by atoms with Crippen LogP contribution >= 0.6 is 27.7 Å². The van der Waals surface area contributed by atoms with Gasteiger partial charge < -0.3 is 5.32 Å². The van der Waals surface area contributed by atoms with E-state index in [1.807, 2.05) is 11.8 Å². The highest BCUT2D eigenvalue weighted by atomic mass is 79.9. The molecule has 1 aliphatic carbocycles. The summed E-state index contributed by atoms with van der Waals surface area (Å²) in [7, 11) is 0. The van der Waals surface area contributed by atoms with Crippen molar-refractivity contribution in [3.8, 4) is 0 Å². The molecule has 0 atom stereocenters. The van der Waals surface area contributed by atoms with E-state index in [4.69, 9.17) is 0 Å². The molecule has 1 N–H and O–H groups in total. The molecule has 1 aromatic rings. The Morgan fingerprint density at radius 1 is 1.38 bits per heavy atom. The van der Waals surface area contributed by atoms with Crippen molar-refractivity contribution in [2.24, 2.45) is 0 Å². The Morgan fingerprint density at radius 3 is 2.69 bits per heavy atom. The number of benzene rings is 1. The fourth-order valence-corrected chi connectivity index (χ4v) is 3.46. The molecule has 0 aromatic heterocycles. The Balaban J connectivity index is 1.82. The summed E-state index contributed by atoms with van der Waals surface area (Å²) in [6.07, 6.45) is 6.38. The van der Waals surface area contributed by atoms with Crippen molar-refractivity contribution in [2.45, 2.75) is 30.6 Å². The van der Waals surface area contributed by atoms with Gasteiger partial charge in [-0.1, -0.05) is 40.5 Å². The first-order valence-corrected chi connectivity index (χ1v) is 7.77. The van der Waals surface area contributed by atoms with Crippen molar-refractivity contribution in [1.29, 1.82) is 0 Å². The third-order valence-electron chi connectivity index (χ3n) is 3.42. The molecule has 0 unspecified atom stereocenters. The van der Waals surface area contributed by atoms with Gasteiger partial charge in [-0.05, 0) is 30.7 Å². The molecule has 1 saturated carbocycles. The van der Waals surface area contributed by atoms with Crippen LogP contribution in [0.25, 0.3) is 0 Å². The molecule has 3 heteroatoms. The fraction of sp³-hybridized carbons (Fsp3) is 0.538. The van der Waals surface area contributed by atoms with E-state index in [-0.39, 0.29) is 0 Å². The molecule has 1 nitrogen and oxygen atoms in total. The van der Waals surface area contributed by atoms with Gasteiger partial charge in [0.15, 0.2) is 0 Å². The summed E-state index contributed by atoms with van der Waals surface area (Å²) in [6.45, 7) is 2.10. The SMILES string of the molecule is CSC1(CNCc2ccccc2Br)CCC1. The predicted octanol–water partition coefficient (Wildman–Crippen LogP) is 3.82. The number of halogens is 1. The van der Waals surface area contributed by atoms with Crippen LogP contribution in [0.1, 0.15) is 24.8 Å². The van der Waals surface area contributed by atoms with Crippen LogP contribution in [0, 0.1) is 0 Å². The standard InChI is InChI=1S/C13H18BrNS/c1-16-13(7-4-8-13)10-15-9-11-5-2-3-6-12(11)14/h2-3,5-6,15H,4,7-10H2,1H3. The van der Waals surface area contributed by atoms with Gasteiger partial charge in [0.1, 0.15) is 0 Å². The lowest BCUT2D eigenvalue weighted by atomic mass is 9.84. The average molecular weight is 300 g/mol. The van der Waals surface area contributed by atoms with Crippen molar-refractivity contribution in [2.75, 3.05) is 12.8 Å². The Hall–Kier alpha value is 0.01000. The molecule has 0 spiro atoms. The second kappa shape index (κ2) is 5.56. The molecule has 1 aromatic carbocycles. The van der Waals surface area contributed by atoms with Gasteiger partial charge in [-0.25, -0.2) is 0 Å². The molecule has 16 heavy (non-hydrogen) atoms. The van der Waals surface area contributed by atoms with Crippen LogP contribution in [0.5, 0.6) is 0 Å². The van der Waals surface area contributed by atoms with Crippen molar-refractivity contribution < 1.29 is 0 Å². The van der Waals surface area contributed by atoms with Gasteiger partial charge in [0.2, 0.25) is 0 Å². The fourth-order valence-electron chi connectivity index (χ4n) is 2.09. The van der Waals surface area contributed by atoms with Crippen LogP contribution < -0.4 is 5.32 Å². The van der Waals surface area contributed by atoms with E-state index in [1.165, 1.54) is 29.3 Å². The van der Waals surface area contributed by atoms with Crippen molar-refractivity contribution in [3.05, 3.63) is 34.3 Å². The third-order valence-corrected chi connectivity index (χ3v) is 5.61. The molecule has 0 radical (unpaired) electrons. The first-order valence-electron chi connectivity index (χ1n) is 5.75. The summed E-state index contributed by atoms with van der Waals surface area (Å²) >= 11 is 5.60. The second-order valence-electron chi connectivity index (χ2n) is 4.44.